The molecule has 0 aliphatic carbocycles. The average Bonchev–Trinajstić information content (AvgIpc) is 2.41. The third kappa shape index (κ3) is 9.01. The Morgan fingerprint density at radius 3 is 2.35 bits per heavy atom. The fourth-order valence-electron chi connectivity index (χ4n) is 2.51. The zero-order valence-corrected chi connectivity index (χ0v) is 14.7. The molecular formula is C19H30F2NO. The van der Waals surface area contributed by atoms with E-state index in [9.17, 15) is 13.9 Å². The van der Waals surface area contributed by atoms with Crippen molar-refractivity contribution in [3.05, 3.63) is 41.8 Å². The minimum Gasteiger partial charge on any atom is -0.391 e. The Kier molecular flexibility index (Phi) is 8.13. The van der Waals surface area contributed by atoms with Crippen LogP contribution >= 0.6 is 0 Å². The standard InChI is InChI=1S/C19H30F2NO/c1-14(2)6-5-9-19(3,4)22-13-18(23)8-7-15-10-16(20)12-17(21)11-15/h8,10-12,14,18,22-23H,5-7,9,13H2,1-4H3/t18-/m1/s1. The maximum atomic E-state index is 13.1. The highest BCUT2D eigenvalue weighted by molar-refractivity contribution is 5.19. The molecule has 0 aliphatic heterocycles. The zero-order valence-electron chi connectivity index (χ0n) is 14.7. The third-order valence-electron chi connectivity index (χ3n) is 3.92. The molecule has 1 radical (unpaired) electrons. The lowest BCUT2D eigenvalue weighted by Gasteiger charge is -2.28. The molecule has 0 saturated heterocycles. The molecule has 0 fully saturated rings. The van der Waals surface area contributed by atoms with Crippen LogP contribution in [0.3, 0.4) is 0 Å². The molecule has 2 N–H and O–H groups in total. The first-order valence-electron chi connectivity index (χ1n) is 8.39. The molecule has 0 saturated carbocycles. The van der Waals surface area contributed by atoms with E-state index in [0.717, 1.165) is 18.9 Å². The van der Waals surface area contributed by atoms with Gasteiger partial charge >= 0.3 is 0 Å². The van der Waals surface area contributed by atoms with Gasteiger partial charge in [0.25, 0.3) is 0 Å². The summed E-state index contributed by atoms with van der Waals surface area (Å²) in [5.74, 6) is -0.476. The van der Waals surface area contributed by atoms with Crippen LogP contribution in [-0.2, 0) is 6.42 Å². The lowest BCUT2D eigenvalue weighted by Crippen LogP contribution is -2.43. The minimum atomic E-state index is -0.647. The second-order valence-corrected chi connectivity index (χ2v) is 7.34. The van der Waals surface area contributed by atoms with Crippen molar-refractivity contribution in [1.29, 1.82) is 0 Å². The Morgan fingerprint density at radius 1 is 1.17 bits per heavy atom. The molecule has 0 bridgehead atoms. The Hall–Kier alpha value is -1.00. The normalized spacial score (nSPS) is 13.6. The van der Waals surface area contributed by atoms with Gasteiger partial charge in [0, 0.05) is 18.2 Å². The van der Waals surface area contributed by atoms with E-state index in [1.165, 1.54) is 18.6 Å². The molecule has 0 aliphatic rings. The maximum Gasteiger partial charge on any atom is 0.126 e. The monoisotopic (exact) mass is 326 g/mol. The number of rotatable bonds is 10. The first kappa shape index (κ1) is 20.0. The van der Waals surface area contributed by atoms with Crippen LogP contribution < -0.4 is 5.32 Å². The topological polar surface area (TPSA) is 32.3 Å². The van der Waals surface area contributed by atoms with Crippen LogP contribution in [0.4, 0.5) is 8.78 Å². The quantitative estimate of drug-likeness (QED) is 0.673. The highest BCUT2D eigenvalue weighted by Crippen LogP contribution is 2.16. The van der Waals surface area contributed by atoms with Crippen molar-refractivity contribution in [1.82, 2.24) is 5.32 Å². The maximum absolute atomic E-state index is 13.1. The minimum absolute atomic E-state index is 0.0331. The molecule has 0 heterocycles. The molecule has 0 unspecified atom stereocenters. The van der Waals surface area contributed by atoms with E-state index in [0.29, 0.717) is 24.4 Å². The second-order valence-electron chi connectivity index (χ2n) is 7.34. The van der Waals surface area contributed by atoms with Crippen molar-refractivity contribution in [2.24, 2.45) is 5.92 Å². The molecule has 23 heavy (non-hydrogen) atoms. The molecule has 0 amide bonds. The van der Waals surface area contributed by atoms with Crippen molar-refractivity contribution >= 4 is 0 Å². The molecule has 4 heteroatoms. The van der Waals surface area contributed by atoms with Crippen LogP contribution in [0.2, 0.25) is 0 Å². The summed E-state index contributed by atoms with van der Waals surface area (Å²) in [5.41, 5.74) is 0.493. The Balaban J connectivity index is 2.31. The number of aliphatic hydroxyl groups is 1. The van der Waals surface area contributed by atoms with Gasteiger partial charge in [-0.2, -0.15) is 0 Å². The van der Waals surface area contributed by atoms with Crippen molar-refractivity contribution in [3.8, 4) is 0 Å². The number of hydrogen-bond donors (Lipinski definition) is 2. The van der Waals surface area contributed by atoms with Gasteiger partial charge in [-0.1, -0.05) is 26.7 Å². The predicted molar refractivity (Wildman–Crippen MR) is 91.1 cm³/mol. The highest BCUT2D eigenvalue weighted by atomic mass is 19.1. The number of benzene rings is 1. The van der Waals surface area contributed by atoms with Crippen molar-refractivity contribution in [3.63, 3.8) is 0 Å². The third-order valence-corrected chi connectivity index (χ3v) is 3.92. The van der Waals surface area contributed by atoms with Gasteiger partial charge in [-0.05, 0) is 56.7 Å². The number of β-amino-alcohol motifs (C(OH)–C–C–N with tert-alkyl or cyclic N) is 1. The van der Waals surface area contributed by atoms with Gasteiger partial charge in [0.1, 0.15) is 11.6 Å². The van der Waals surface area contributed by atoms with Crippen LogP contribution in [0.1, 0.15) is 52.5 Å². The Labute approximate surface area is 139 Å². The van der Waals surface area contributed by atoms with E-state index < -0.39 is 17.7 Å². The van der Waals surface area contributed by atoms with Gasteiger partial charge in [0.2, 0.25) is 0 Å². The summed E-state index contributed by atoms with van der Waals surface area (Å²) in [7, 11) is 0. The molecular weight excluding hydrogens is 296 g/mol. The van der Waals surface area contributed by atoms with E-state index in [1.807, 2.05) is 0 Å². The molecule has 1 aromatic rings. The summed E-state index contributed by atoms with van der Waals surface area (Å²) in [5, 5.41) is 13.4. The molecule has 2 nitrogen and oxygen atoms in total. The molecule has 1 atom stereocenters. The Bertz CT molecular complexity index is 454. The van der Waals surface area contributed by atoms with Gasteiger partial charge in [0.15, 0.2) is 0 Å². The summed E-state index contributed by atoms with van der Waals surface area (Å²) in [4.78, 5) is 0. The van der Waals surface area contributed by atoms with Crippen LogP contribution in [0, 0.1) is 24.0 Å². The van der Waals surface area contributed by atoms with E-state index >= 15 is 0 Å². The van der Waals surface area contributed by atoms with Gasteiger partial charge in [-0.25, -0.2) is 8.78 Å². The van der Waals surface area contributed by atoms with E-state index in [4.69, 9.17) is 0 Å². The Morgan fingerprint density at radius 2 is 1.78 bits per heavy atom. The number of halogens is 2. The van der Waals surface area contributed by atoms with E-state index in [-0.39, 0.29) is 5.54 Å². The molecule has 131 valence electrons. The fraction of sp³-hybridized carbons (Fsp3) is 0.632. The predicted octanol–water partition coefficient (Wildman–Crippen LogP) is 4.27. The number of hydrogen-bond acceptors (Lipinski definition) is 2. The van der Waals surface area contributed by atoms with Crippen LogP contribution in [-0.4, -0.2) is 23.3 Å². The summed E-state index contributed by atoms with van der Waals surface area (Å²) in [6.07, 6.45) is 4.76. The average molecular weight is 326 g/mol. The smallest absolute Gasteiger partial charge is 0.126 e. The first-order valence-corrected chi connectivity index (χ1v) is 8.39. The first-order chi connectivity index (χ1) is 10.7. The van der Waals surface area contributed by atoms with E-state index in [1.54, 1.807) is 6.42 Å². The van der Waals surface area contributed by atoms with Crippen molar-refractivity contribution in [2.75, 3.05) is 6.54 Å². The molecule has 1 rings (SSSR count). The summed E-state index contributed by atoms with van der Waals surface area (Å²) < 4.78 is 26.2. The molecule has 0 aromatic heterocycles. The van der Waals surface area contributed by atoms with Crippen LogP contribution in [0.25, 0.3) is 0 Å². The summed E-state index contributed by atoms with van der Waals surface area (Å²) in [6, 6.07) is 3.42. The summed E-state index contributed by atoms with van der Waals surface area (Å²) >= 11 is 0. The number of nitrogens with one attached hydrogen (secondary N) is 1. The van der Waals surface area contributed by atoms with Crippen molar-refractivity contribution in [2.45, 2.75) is 65.0 Å². The lowest BCUT2D eigenvalue weighted by molar-refractivity contribution is 0.181. The summed E-state index contributed by atoms with van der Waals surface area (Å²) in [6.45, 7) is 9.12. The van der Waals surface area contributed by atoms with Crippen molar-refractivity contribution < 1.29 is 13.9 Å². The highest BCUT2D eigenvalue weighted by Gasteiger charge is 2.18. The largest absolute Gasteiger partial charge is 0.391 e. The lowest BCUT2D eigenvalue weighted by atomic mass is 9.94. The van der Waals surface area contributed by atoms with Gasteiger partial charge < -0.3 is 10.4 Å². The number of aliphatic hydroxyl groups excluding tert-OH is 1. The van der Waals surface area contributed by atoms with E-state index in [2.05, 4.69) is 33.0 Å². The zero-order chi connectivity index (χ0) is 17.5. The van der Waals surface area contributed by atoms with Gasteiger partial charge in [0.05, 0.1) is 6.10 Å². The molecule has 1 aromatic carbocycles. The second kappa shape index (κ2) is 9.33. The van der Waals surface area contributed by atoms with Crippen LogP contribution in [0.5, 0.6) is 0 Å². The van der Waals surface area contributed by atoms with Gasteiger partial charge in [-0.3, -0.25) is 0 Å². The SMILES string of the molecule is CC(C)CCCC(C)(C)NC[C@H](O)[CH]Cc1cc(F)cc(F)c1. The van der Waals surface area contributed by atoms with Gasteiger partial charge in [-0.15, -0.1) is 0 Å². The fourth-order valence-corrected chi connectivity index (χ4v) is 2.51. The molecule has 0 spiro atoms. The van der Waals surface area contributed by atoms with Crippen LogP contribution in [0.15, 0.2) is 18.2 Å².